The molecule has 1 saturated carbocycles. The Labute approximate surface area is 238 Å². The molecule has 1 aromatic carbocycles. The number of hydrogen-bond acceptors (Lipinski definition) is 5. The van der Waals surface area contributed by atoms with Crippen LogP contribution in [-0.2, 0) is 6.54 Å². The van der Waals surface area contributed by atoms with Crippen LogP contribution in [0.4, 0.5) is 8.78 Å². The third kappa shape index (κ3) is 5.37. The van der Waals surface area contributed by atoms with E-state index in [9.17, 15) is 18.4 Å². The highest BCUT2D eigenvalue weighted by Crippen LogP contribution is 2.29. The number of rotatable bonds is 7. The van der Waals surface area contributed by atoms with Crippen LogP contribution in [0.5, 0.6) is 0 Å². The van der Waals surface area contributed by atoms with Gasteiger partial charge in [0.1, 0.15) is 11.4 Å². The molecule has 1 aliphatic rings. The first-order chi connectivity index (χ1) is 19.9. The van der Waals surface area contributed by atoms with Crippen LogP contribution in [0.2, 0.25) is 5.02 Å². The van der Waals surface area contributed by atoms with E-state index in [2.05, 4.69) is 25.3 Å². The van der Waals surface area contributed by atoms with Gasteiger partial charge in [-0.2, -0.15) is 0 Å². The second-order valence-electron chi connectivity index (χ2n) is 10.1. The zero-order chi connectivity index (χ0) is 28.5. The fourth-order valence-electron chi connectivity index (χ4n) is 5.51. The molecular weight excluding hydrogens is 552 g/mol. The number of alkyl halides is 2. The normalized spacial score (nSPS) is 17.3. The van der Waals surface area contributed by atoms with Gasteiger partial charge in [-0.15, -0.1) is 0 Å². The van der Waals surface area contributed by atoms with Gasteiger partial charge in [0.25, 0.3) is 12.3 Å². The average molecular weight is 578 g/mol. The summed E-state index contributed by atoms with van der Waals surface area (Å²) in [5.74, 6) is 0.255. The van der Waals surface area contributed by atoms with Crippen molar-refractivity contribution in [3.8, 4) is 17.2 Å². The predicted molar refractivity (Wildman–Crippen MR) is 150 cm³/mol. The second-order valence-corrected chi connectivity index (χ2v) is 10.6. The molecule has 0 atom stereocenters. The minimum Gasteiger partial charge on any atom is -0.349 e. The van der Waals surface area contributed by atoms with Crippen molar-refractivity contribution in [2.75, 3.05) is 0 Å². The molecule has 1 aliphatic carbocycles. The SMILES string of the molecule is O=C(NC1CCC(Cn2c(=O)n(-c3ccc(-c4ncc[nH]4)nc3)c3ccccc32)CC1)c1cc(Cl)cnc1C(F)F. The van der Waals surface area contributed by atoms with Crippen LogP contribution in [0.25, 0.3) is 28.2 Å². The number of aromatic nitrogens is 6. The number of nitrogens with zero attached hydrogens (tertiary/aromatic N) is 5. The van der Waals surface area contributed by atoms with Crippen molar-refractivity contribution in [1.29, 1.82) is 0 Å². The minimum absolute atomic E-state index is 0.122. The van der Waals surface area contributed by atoms with Crippen LogP contribution in [-0.4, -0.2) is 41.0 Å². The van der Waals surface area contributed by atoms with Crippen molar-refractivity contribution in [2.45, 2.75) is 44.7 Å². The number of fused-ring (bicyclic) bond motifs is 1. The van der Waals surface area contributed by atoms with Crippen LogP contribution in [0, 0.1) is 5.92 Å². The summed E-state index contributed by atoms with van der Waals surface area (Å²) in [5.41, 5.74) is 2.01. The van der Waals surface area contributed by atoms with Gasteiger partial charge in [0.15, 0.2) is 5.82 Å². The van der Waals surface area contributed by atoms with Crippen molar-refractivity contribution >= 4 is 28.5 Å². The quantitative estimate of drug-likeness (QED) is 0.263. The van der Waals surface area contributed by atoms with E-state index in [0.717, 1.165) is 30.1 Å². The first-order valence-corrected chi connectivity index (χ1v) is 13.7. The summed E-state index contributed by atoms with van der Waals surface area (Å²) in [5, 5.41) is 2.99. The third-order valence-electron chi connectivity index (χ3n) is 7.54. The molecule has 210 valence electrons. The number of carbonyl (C=O) groups excluding carboxylic acids is 1. The molecule has 2 N–H and O–H groups in total. The van der Waals surface area contributed by atoms with Gasteiger partial charge in [0.2, 0.25) is 0 Å². The summed E-state index contributed by atoms with van der Waals surface area (Å²) in [6.45, 7) is 0.526. The Morgan fingerprint density at radius 1 is 1.05 bits per heavy atom. The van der Waals surface area contributed by atoms with E-state index in [1.54, 1.807) is 27.7 Å². The van der Waals surface area contributed by atoms with Gasteiger partial charge in [0, 0.05) is 31.2 Å². The van der Waals surface area contributed by atoms with Crippen LogP contribution in [0.15, 0.2) is 72.0 Å². The lowest BCUT2D eigenvalue weighted by molar-refractivity contribution is 0.0904. The standard InChI is InChI=1S/C29H26ClF2N7O2/c30-18-13-21(25(26(31)32)36-14-18)28(40)37-19-7-5-17(6-8-19)16-38-23-3-1-2-4-24(23)39(29(38)41)20-9-10-22(35-15-20)27-33-11-12-34-27/h1-4,9-15,17,19,26H,5-8,16H2,(H,33,34)(H,37,40). The number of aromatic amines is 1. The molecule has 0 saturated heterocycles. The molecule has 1 amide bonds. The van der Waals surface area contributed by atoms with E-state index in [1.165, 1.54) is 6.07 Å². The number of halogens is 3. The summed E-state index contributed by atoms with van der Waals surface area (Å²) in [6, 6.07) is 12.4. The topological polar surface area (TPSA) is 110 Å². The predicted octanol–water partition coefficient (Wildman–Crippen LogP) is 5.55. The molecule has 9 nitrogen and oxygen atoms in total. The maximum atomic E-state index is 13.7. The van der Waals surface area contributed by atoms with E-state index < -0.39 is 18.0 Å². The monoisotopic (exact) mass is 577 g/mol. The molecule has 0 aliphatic heterocycles. The number of hydrogen-bond donors (Lipinski definition) is 2. The highest BCUT2D eigenvalue weighted by molar-refractivity contribution is 6.30. The first-order valence-electron chi connectivity index (χ1n) is 13.3. The molecule has 1 fully saturated rings. The van der Waals surface area contributed by atoms with Crippen LogP contribution < -0.4 is 11.0 Å². The number of imidazole rings is 2. The number of carbonyl (C=O) groups is 1. The second kappa shape index (κ2) is 11.2. The molecule has 41 heavy (non-hydrogen) atoms. The van der Waals surface area contributed by atoms with E-state index in [4.69, 9.17) is 11.6 Å². The van der Waals surface area contributed by atoms with E-state index in [-0.39, 0.29) is 28.2 Å². The number of nitrogens with one attached hydrogen (secondary N) is 2. The zero-order valence-electron chi connectivity index (χ0n) is 21.8. The molecule has 0 spiro atoms. The Morgan fingerprint density at radius 2 is 1.83 bits per heavy atom. The van der Waals surface area contributed by atoms with Gasteiger partial charge in [0.05, 0.1) is 33.5 Å². The number of para-hydroxylation sites is 2. The first kappa shape index (κ1) is 26.8. The highest BCUT2D eigenvalue weighted by atomic mass is 35.5. The highest BCUT2D eigenvalue weighted by Gasteiger charge is 2.27. The Balaban J connectivity index is 1.17. The lowest BCUT2D eigenvalue weighted by atomic mass is 9.85. The fourth-order valence-corrected chi connectivity index (χ4v) is 5.67. The number of benzene rings is 1. The molecule has 6 rings (SSSR count). The van der Waals surface area contributed by atoms with Gasteiger partial charge in [-0.25, -0.2) is 18.6 Å². The number of H-pyrrole nitrogens is 1. The van der Waals surface area contributed by atoms with Crippen molar-refractivity contribution in [3.05, 3.63) is 94.0 Å². The smallest absolute Gasteiger partial charge is 0.333 e. The lowest BCUT2D eigenvalue weighted by Crippen LogP contribution is -2.39. The van der Waals surface area contributed by atoms with Crippen molar-refractivity contribution in [2.24, 2.45) is 5.92 Å². The number of amides is 1. The Morgan fingerprint density at radius 3 is 2.51 bits per heavy atom. The van der Waals surface area contributed by atoms with Gasteiger partial charge in [-0.05, 0) is 61.9 Å². The molecular formula is C29H26ClF2N7O2. The summed E-state index contributed by atoms with van der Waals surface area (Å²) in [4.78, 5) is 41.9. The van der Waals surface area contributed by atoms with Crippen molar-refractivity contribution < 1.29 is 13.6 Å². The minimum atomic E-state index is -2.88. The molecule has 5 aromatic rings. The van der Waals surface area contributed by atoms with Gasteiger partial charge in [-0.3, -0.25) is 23.9 Å². The summed E-state index contributed by atoms with van der Waals surface area (Å²) >= 11 is 5.90. The van der Waals surface area contributed by atoms with E-state index in [0.29, 0.717) is 36.6 Å². The van der Waals surface area contributed by atoms with Gasteiger partial charge < -0.3 is 10.3 Å². The van der Waals surface area contributed by atoms with E-state index >= 15 is 0 Å². The van der Waals surface area contributed by atoms with E-state index in [1.807, 2.05) is 36.4 Å². The van der Waals surface area contributed by atoms with Crippen LogP contribution >= 0.6 is 11.6 Å². The molecule has 4 aromatic heterocycles. The third-order valence-corrected chi connectivity index (χ3v) is 7.75. The summed E-state index contributed by atoms with van der Waals surface area (Å²) < 4.78 is 30.2. The Bertz CT molecular complexity index is 1740. The summed E-state index contributed by atoms with van der Waals surface area (Å²) in [7, 11) is 0. The molecule has 12 heteroatoms. The Kier molecular flexibility index (Phi) is 7.36. The molecule has 0 unspecified atom stereocenters. The lowest BCUT2D eigenvalue weighted by Gasteiger charge is -2.29. The fraction of sp³-hybridized carbons (Fsp3) is 0.276. The van der Waals surface area contributed by atoms with Crippen molar-refractivity contribution in [3.63, 3.8) is 0 Å². The van der Waals surface area contributed by atoms with Crippen LogP contribution in [0.1, 0.15) is 48.2 Å². The molecule has 0 radical (unpaired) electrons. The summed E-state index contributed by atoms with van der Waals surface area (Å²) in [6.07, 6.45) is 6.15. The maximum Gasteiger partial charge on any atom is 0.333 e. The maximum absolute atomic E-state index is 13.7. The van der Waals surface area contributed by atoms with Crippen molar-refractivity contribution in [1.82, 2.24) is 34.4 Å². The largest absolute Gasteiger partial charge is 0.349 e. The zero-order valence-corrected chi connectivity index (χ0v) is 22.6. The van der Waals surface area contributed by atoms with Gasteiger partial charge >= 0.3 is 5.69 Å². The molecule has 0 bridgehead atoms. The van der Waals surface area contributed by atoms with Gasteiger partial charge in [-0.1, -0.05) is 23.7 Å². The van der Waals surface area contributed by atoms with Crippen LogP contribution in [0.3, 0.4) is 0 Å². The number of pyridine rings is 2. The average Bonchev–Trinajstić information content (AvgIpc) is 3.61. The molecule has 4 heterocycles. The Hall–Kier alpha value is -4.38.